The van der Waals surface area contributed by atoms with E-state index in [4.69, 9.17) is 4.98 Å². The molecule has 0 N–H and O–H groups in total. The number of aromatic nitrogens is 2. The average molecular weight is 420 g/mol. The first-order chi connectivity index (χ1) is 14.4. The molecule has 1 amide bonds. The highest BCUT2D eigenvalue weighted by atomic mass is 16.2. The van der Waals surface area contributed by atoms with Gasteiger partial charge in [0.25, 0.3) is 0 Å². The fourth-order valence-electron chi connectivity index (χ4n) is 4.31. The van der Waals surface area contributed by atoms with Crippen molar-refractivity contribution in [2.45, 2.75) is 79.7 Å². The van der Waals surface area contributed by atoms with Gasteiger partial charge in [-0.05, 0) is 71.1 Å². The Bertz CT molecular complexity index is 1120. The maximum atomic E-state index is 13.6. The van der Waals surface area contributed by atoms with Gasteiger partial charge >= 0.3 is 0 Å². The number of nitrogens with zero attached hydrogens (tertiary/aromatic N) is 3. The molecule has 4 heteroatoms. The Morgan fingerprint density at radius 3 is 2.10 bits per heavy atom. The van der Waals surface area contributed by atoms with Crippen molar-refractivity contribution in [2.75, 3.05) is 7.05 Å². The predicted molar refractivity (Wildman–Crippen MR) is 130 cm³/mol. The zero-order chi connectivity index (χ0) is 23.2. The lowest BCUT2D eigenvalue weighted by Crippen LogP contribution is -2.45. The van der Waals surface area contributed by atoms with E-state index in [1.54, 1.807) is 0 Å². The van der Waals surface area contributed by atoms with Crippen LogP contribution in [0.25, 0.3) is 16.9 Å². The molecule has 0 atom stereocenters. The van der Waals surface area contributed by atoms with Crippen LogP contribution in [-0.4, -0.2) is 33.3 Å². The third kappa shape index (κ3) is 3.88. The number of carbonyl (C=O) groups is 1. The van der Waals surface area contributed by atoms with Crippen LogP contribution in [0.3, 0.4) is 0 Å². The third-order valence-corrected chi connectivity index (χ3v) is 6.68. The maximum absolute atomic E-state index is 13.6. The van der Waals surface area contributed by atoms with Crippen molar-refractivity contribution in [3.8, 4) is 11.3 Å². The summed E-state index contributed by atoms with van der Waals surface area (Å²) in [7, 11) is 1.89. The van der Waals surface area contributed by atoms with Gasteiger partial charge in [-0.1, -0.05) is 43.7 Å². The second-order valence-corrected chi connectivity index (χ2v) is 9.99. The summed E-state index contributed by atoms with van der Waals surface area (Å²) in [6, 6.07) is 8.56. The zero-order valence-electron chi connectivity index (χ0n) is 20.8. The van der Waals surface area contributed by atoms with Gasteiger partial charge in [-0.2, -0.15) is 0 Å². The quantitative estimate of drug-likeness (QED) is 0.494. The molecule has 0 spiro atoms. The molecule has 0 aliphatic carbocycles. The van der Waals surface area contributed by atoms with Gasteiger partial charge < -0.3 is 9.30 Å². The molecule has 0 aliphatic rings. The summed E-state index contributed by atoms with van der Waals surface area (Å²) in [6.45, 7) is 19.0. The van der Waals surface area contributed by atoms with Crippen LogP contribution in [0.1, 0.15) is 75.4 Å². The molecule has 0 bridgehead atoms. The Balaban J connectivity index is 2.41. The van der Waals surface area contributed by atoms with E-state index in [0.717, 1.165) is 22.6 Å². The van der Waals surface area contributed by atoms with Crippen LogP contribution < -0.4 is 0 Å². The number of carbonyl (C=O) groups excluding carboxylic acids is 1. The van der Waals surface area contributed by atoms with Crippen molar-refractivity contribution in [2.24, 2.45) is 0 Å². The summed E-state index contributed by atoms with van der Waals surface area (Å²) in [4.78, 5) is 20.6. The Hall–Kier alpha value is -2.62. The Kier molecular flexibility index (Phi) is 6.05. The van der Waals surface area contributed by atoms with Gasteiger partial charge in [0.1, 0.15) is 5.65 Å². The van der Waals surface area contributed by atoms with Crippen molar-refractivity contribution < 1.29 is 4.79 Å². The number of imidazole rings is 1. The normalized spacial score (nSPS) is 12.3. The van der Waals surface area contributed by atoms with E-state index in [9.17, 15) is 4.79 Å². The Labute approximate surface area is 187 Å². The first-order valence-electron chi connectivity index (χ1n) is 11.2. The largest absolute Gasteiger partial charge is 0.343 e. The molecule has 4 nitrogen and oxygen atoms in total. The number of fused-ring (bicyclic) bond motifs is 1. The molecule has 0 aliphatic heterocycles. The van der Waals surface area contributed by atoms with Crippen molar-refractivity contribution in [3.05, 3.63) is 58.4 Å². The number of pyridine rings is 1. The minimum atomic E-state index is -0.741. The summed E-state index contributed by atoms with van der Waals surface area (Å²) < 4.78 is 2.18. The zero-order valence-corrected chi connectivity index (χ0v) is 20.8. The number of amides is 1. The van der Waals surface area contributed by atoms with Crippen molar-refractivity contribution in [1.82, 2.24) is 14.3 Å². The second kappa shape index (κ2) is 8.14. The SMILES string of the molecule is Cc1ccc(-c2nc3c(C)c(C)c(C(C)C)cn3c2C(C)(C)C(=O)N(C)C(C)C)cc1. The van der Waals surface area contributed by atoms with E-state index in [1.165, 1.54) is 22.3 Å². The van der Waals surface area contributed by atoms with Crippen molar-refractivity contribution in [3.63, 3.8) is 0 Å². The van der Waals surface area contributed by atoms with E-state index < -0.39 is 5.41 Å². The highest BCUT2D eigenvalue weighted by molar-refractivity contribution is 5.90. The summed E-state index contributed by atoms with van der Waals surface area (Å²) in [5, 5.41) is 0. The molecule has 0 fully saturated rings. The van der Waals surface area contributed by atoms with E-state index in [-0.39, 0.29) is 11.9 Å². The summed E-state index contributed by atoms with van der Waals surface area (Å²) in [5.41, 5.74) is 8.02. The van der Waals surface area contributed by atoms with E-state index in [2.05, 4.69) is 69.5 Å². The minimum absolute atomic E-state index is 0.0991. The summed E-state index contributed by atoms with van der Waals surface area (Å²) in [5.74, 6) is 0.486. The lowest BCUT2D eigenvalue weighted by atomic mass is 9.84. The van der Waals surface area contributed by atoms with Crippen LogP contribution in [0.15, 0.2) is 30.5 Å². The molecule has 3 aromatic rings. The van der Waals surface area contributed by atoms with Crippen LogP contribution >= 0.6 is 0 Å². The number of hydrogen-bond acceptors (Lipinski definition) is 2. The molecule has 1 aromatic carbocycles. The summed E-state index contributed by atoms with van der Waals surface area (Å²) >= 11 is 0. The molecule has 166 valence electrons. The van der Waals surface area contributed by atoms with Crippen LogP contribution in [0, 0.1) is 20.8 Å². The van der Waals surface area contributed by atoms with E-state index in [0.29, 0.717) is 5.92 Å². The third-order valence-electron chi connectivity index (χ3n) is 6.68. The van der Waals surface area contributed by atoms with Crippen molar-refractivity contribution in [1.29, 1.82) is 0 Å². The summed E-state index contributed by atoms with van der Waals surface area (Å²) in [6.07, 6.45) is 2.20. The Morgan fingerprint density at radius 2 is 1.58 bits per heavy atom. The minimum Gasteiger partial charge on any atom is -0.343 e. The second-order valence-electron chi connectivity index (χ2n) is 9.99. The van der Waals surface area contributed by atoms with Gasteiger partial charge in [-0.25, -0.2) is 4.98 Å². The predicted octanol–water partition coefficient (Wildman–Crippen LogP) is 6.19. The molecule has 2 aromatic heterocycles. The van der Waals surface area contributed by atoms with Crippen LogP contribution in [0.2, 0.25) is 0 Å². The standard InChI is InChI=1S/C27H37N3O/c1-16(2)22-15-30-24(27(8,9)26(31)29(10)17(3)4)23(21-13-11-18(5)12-14-21)28-25(30)20(7)19(22)6/h11-17H,1-10H3. The molecular formula is C27H37N3O. The van der Waals surface area contributed by atoms with Gasteiger partial charge in [0.2, 0.25) is 5.91 Å². The van der Waals surface area contributed by atoms with Crippen LogP contribution in [0.4, 0.5) is 0 Å². The maximum Gasteiger partial charge on any atom is 0.234 e. The molecule has 31 heavy (non-hydrogen) atoms. The van der Waals surface area contributed by atoms with Crippen molar-refractivity contribution >= 4 is 11.6 Å². The monoisotopic (exact) mass is 419 g/mol. The highest BCUT2D eigenvalue weighted by Crippen LogP contribution is 2.38. The number of benzene rings is 1. The lowest BCUT2D eigenvalue weighted by Gasteiger charge is -2.32. The van der Waals surface area contributed by atoms with Gasteiger partial charge in [0.15, 0.2) is 0 Å². The molecular weight excluding hydrogens is 382 g/mol. The highest BCUT2D eigenvalue weighted by Gasteiger charge is 2.39. The number of likely N-dealkylation sites (N-methyl/N-ethyl adjacent to an activating group) is 1. The van der Waals surface area contributed by atoms with E-state index in [1.807, 2.05) is 39.6 Å². The molecule has 0 saturated heterocycles. The smallest absolute Gasteiger partial charge is 0.234 e. The van der Waals surface area contributed by atoms with Gasteiger partial charge in [0.05, 0.1) is 16.8 Å². The van der Waals surface area contributed by atoms with E-state index >= 15 is 0 Å². The van der Waals surface area contributed by atoms with Crippen LogP contribution in [0.5, 0.6) is 0 Å². The van der Waals surface area contributed by atoms with Gasteiger partial charge in [-0.3, -0.25) is 4.79 Å². The van der Waals surface area contributed by atoms with Gasteiger partial charge in [0, 0.05) is 24.8 Å². The Morgan fingerprint density at radius 1 is 1.00 bits per heavy atom. The fraction of sp³-hybridized carbons (Fsp3) is 0.481. The first kappa shape index (κ1) is 23.1. The lowest BCUT2D eigenvalue weighted by molar-refractivity contribution is -0.136. The molecule has 3 rings (SSSR count). The number of aryl methyl sites for hydroxylation is 2. The molecule has 0 unspecified atom stereocenters. The fourth-order valence-corrected chi connectivity index (χ4v) is 4.31. The topological polar surface area (TPSA) is 37.6 Å². The number of rotatable bonds is 5. The number of hydrogen-bond donors (Lipinski definition) is 0. The van der Waals surface area contributed by atoms with Gasteiger partial charge in [-0.15, -0.1) is 0 Å². The molecule has 0 radical (unpaired) electrons. The molecule has 2 heterocycles. The average Bonchev–Trinajstić information content (AvgIpc) is 3.10. The molecule has 0 saturated carbocycles. The van der Waals surface area contributed by atoms with Crippen LogP contribution in [-0.2, 0) is 10.2 Å². The first-order valence-corrected chi connectivity index (χ1v) is 11.2.